The van der Waals surface area contributed by atoms with Crippen molar-refractivity contribution < 1.29 is 4.79 Å². The number of nitrogens with zero attached hydrogens (tertiary/aromatic N) is 2. The molecule has 1 aliphatic rings. The molecule has 20 heavy (non-hydrogen) atoms. The highest BCUT2D eigenvalue weighted by Crippen LogP contribution is 2.10. The minimum Gasteiger partial charge on any atom is -0.355 e. The molecule has 0 aliphatic carbocycles. The largest absolute Gasteiger partial charge is 0.355 e. The van der Waals surface area contributed by atoms with E-state index in [0.29, 0.717) is 12.6 Å². The molecule has 1 unspecified atom stereocenters. The topological polar surface area (TPSA) is 61.6 Å². The van der Waals surface area contributed by atoms with Gasteiger partial charge in [0.15, 0.2) is 0 Å². The van der Waals surface area contributed by atoms with E-state index in [1.165, 1.54) is 12.8 Å². The molecule has 1 saturated heterocycles. The average molecular weight is 284 g/mol. The van der Waals surface area contributed by atoms with Crippen LogP contribution in [0.2, 0.25) is 0 Å². The molecule has 0 radical (unpaired) electrons. The van der Waals surface area contributed by atoms with Gasteiger partial charge in [-0.1, -0.05) is 26.7 Å². The number of carbonyl (C=O) groups excluding carboxylic acids is 1. The van der Waals surface area contributed by atoms with Crippen molar-refractivity contribution in [1.29, 1.82) is 0 Å². The summed E-state index contributed by atoms with van der Waals surface area (Å²) in [5.74, 6) is 0.163. The van der Waals surface area contributed by atoms with E-state index < -0.39 is 0 Å². The van der Waals surface area contributed by atoms with Gasteiger partial charge in [-0.3, -0.25) is 14.6 Å². The van der Waals surface area contributed by atoms with Crippen LogP contribution in [0.3, 0.4) is 0 Å². The molecule has 5 heteroatoms. The van der Waals surface area contributed by atoms with Crippen LogP contribution in [0.5, 0.6) is 0 Å². The summed E-state index contributed by atoms with van der Waals surface area (Å²) in [5.41, 5.74) is 5.85. The van der Waals surface area contributed by atoms with Gasteiger partial charge in [-0.25, -0.2) is 0 Å². The van der Waals surface area contributed by atoms with Crippen molar-refractivity contribution in [3.8, 4) is 0 Å². The third-order valence-electron chi connectivity index (χ3n) is 4.04. The van der Waals surface area contributed by atoms with Crippen molar-refractivity contribution in [2.75, 3.05) is 45.8 Å². The summed E-state index contributed by atoms with van der Waals surface area (Å²) in [6, 6.07) is 0.514. The second-order valence-corrected chi connectivity index (χ2v) is 5.69. The quantitative estimate of drug-likeness (QED) is 0.610. The summed E-state index contributed by atoms with van der Waals surface area (Å²) >= 11 is 0. The Bertz CT molecular complexity index is 265. The Morgan fingerprint density at radius 1 is 1.20 bits per heavy atom. The van der Waals surface area contributed by atoms with Gasteiger partial charge < -0.3 is 11.1 Å². The maximum atomic E-state index is 11.8. The Morgan fingerprint density at radius 2 is 1.90 bits per heavy atom. The average Bonchev–Trinajstić information content (AvgIpc) is 2.46. The van der Waals surface area contributed by atoms with Crippen LogP contribution in [0, 0.1) is 0 Å². The molecule has 1 aliphatic heterocycles. The summed E-state index contributed by atoms with van der Waals surface area (Å²) in [6.45, 7) is 10.4. The Morgan fingerprint density at radius 3 is 2.45 bits per heavy atom. The zero-order chi connectivity index (χ0) is 14.8. The van der Waals surface area contributed by atoms with Crippen molar-refractivity contribution in [2.45, 2.75) is 45.6 Å². The predicted molar refractivity (Wildman–Crippen MR) is 83.7 cm³/mol. The van der Waals surface area contributed by atoms with Crippen LogP contribution in [0.25, 0.3) is 0 Å². The van der Waals surface area contributed by atoms with E-state index in [2.05, 4.69) is 29.0 Å². The predicted octanol–water partition coefficient (Wildman–Crippen LogP) is 0.648. The second kappa shape index (κ2) is 10.1. The first-order valence-corrected chi connectivity index (χ1v) is 8.14. The number of hydrogen-bond acceptors (Lipinski definition) is 4. The molecule has 118 valence electrons. The van der Waals surface area contributed by atoms with Gasteiger partial charge in [0.2, 0.25) is 5.91 Å². The Kier molecular flexibility index (Phi) is 8.82. The van der Waals surface area contributed by atoms with Gasteiger partial charge in [0.1, 0.15) is 0 Å². The molecule has 3 N–H and O–H groups in total. The Hall–Kier alpha value is -0.650. The van der Waals surface area contributed by atoms with Gasteiger partial charge in [0.25, 0.3) is 0 Å². The van der Waals surface area contributed by atoms with Crippen LogP contribution in [0.1, 0.15) is 39.5 Å². The number of piperazine rings is 1. The van der Waals surface area contributed by atoms with Gasteiger partial charge in [0, 0.05) is 45.3 Å². The normalized spacial score (nSPS) is 18.9. The monoisotopic (exact) mass is 284 g/mol. The number of unbranched alkanes of at least 4 members (excludes halogenated alkanes) is 1. The first-order chi connectivity index (χ1) is 9.71. The molecular formula is C15H32N4O. The first kappa shape index (κ1) is 17.4. The van der Waals surface area contributed by atoms with Crippen molar-refractivity contribution in [3.63, 3.8) is 0 Å². The van der Waals surface area contributed by atoms with E-state index in [4.69, 9.17) is 5.73 Å². The zero-order valence-electron chi connectivity index (χ0n) is 13.2. The first-order valence-electron chi connectivity index (χ1n) is 8.14. The number of nitrogens with one attached hydrogen (secondary N) is 1. The van der Waals surface area contributed by atoms with E-state index in [1.807, 2.05) is 0 Å². The van der Waals surface area contributed by atoms with Gasteiger partial charge in [-0.15, -0.1) is 0 Å². The number of amides is 1. The summed E-state index contributed by atoms with van der Waals surface area (Å²) in [5, 5.41) is 2.98. The molecule has 1 amide bonds. The fraction of sp³-hybridized carbons (Fsp3) is 0.933. The highest BCUT2D eigenvalue weighted by atomic mass is 16.2. The number of rotatable bonds is 9. The van der Waals surface area contributed by atoms with Crippen LogP contribution in [-0.2, 0) is 4.79 Å². The highest BCUT2D eigenvalue weighted by molar-refractivity contribution is 5.77. The minimum atomic E-state index is 0.163. The van der Waals surface area contributed by atoms with Crippen LogP contribution in [-0.4, -0.2) is 67.6 Å². The molecule has 0 saturated carbocycles. The van der Waals surface area contributed by atoms with Crippen LogP contribution >= 0.6 is 0 Å². The van der Waals surface area contributed by atoms with Crippen LogP contribution in [0.4, 0.5) is 0 Å². The van der Waals surface area contributed by atoms with Gasteiger partial charge >= 0.3 is 0 Å². The van der Waals surface area contributed by atoms with Crippen molar-refractivity contribution in [3.05, 3.63) is 0 Å². The van der Waals surface area contributed by atoms with Crippen LogP contribution < -0.4 is 11.1 Å². The lowest BCUT2D eigenvalue weighted by atomic mass is 10.1. The zero-order valence-corrected chi connectivity index (χ0v) is 13.2. The van der Waals surface area contributed by atoms with E-state index >= 15 is 0 Å². The lowest BCUT2D eigenvalue weighted by Crippen LogP contribution is -2.53. The second-order valence-electron chi connectivity index (χ2n) is 5.69. The number of carbonyl (C=O) groups is 1. The molecule has 0 aromatic carbocycles. The Balaban J connectivity index is 2.22. The maximum absolute atomic E-state index is 11.8. The number of nitrogens with two attached hydrogens (primary N) is 1. The highest BCUT2D eigenvalue weighted by Gasteiger charge is 2.23. The molecule has 0 aromatic heterocycles. The minimum absolute atomic E-state index is 0.163. The Labute approximate surface area is 123 Å². The summed E-state index contributed by atoms with van der Waals surface area (Å²) in [6.07, 6.45) is 4.54. The standard InChI is InChI=1S/C15H32N4O/c1-3-5-7-17-15(20)13-18-8-10-19(11-9-18)14(12-16)6-4-2/h14H,3-13,16H2,1-2H3,(H,17,20). The van der Waals surface area contributed by atoms with E-state index in [9.17, 15) is 4.79 Å². The molecule has 0 aromatic rings. The molecule has 1 rings (SSSR count). The van der Waals surface area contributed by atoms with Gasteiger partial charge in [0.05, 0.1) is 6.54 Å². The summed E-state index contributed by atoms with van der Waals surface area (Å²) in [4.78, 5) is 16.5. The van der Waals surface area contributed by atoms with E-state index in [0.717, 1.165) is 52.1 Å². The van der Waals surface area contributed by atoms with Crippen LogP contribution in [0.15, 0.2) is 0 Å². The van der Waals surface area contributed by atoms with E-state index in [-0.39, 0.29) is 5.91 Å². The fourth-order valence-corrected chi connectivity index (χ4v) is 2.73. The molecule has 0 spiro atoms. The lowest BCUT2D eigenvalue weighted by molar-refractivity contribution is -0.122. The third-order valence-corrected chi connectivity index (χ3v) is 4.04. The molecule has 0 bridgehead atoms. The summed E-state index contributed by atoms with van der Waals surface area (Å²) < 4.78 is 0. The van der Waals surface area contributed by atoms with Crippen molar-refractivity contribution in [1.82, 2.24) is 15.1 Å². The SMILES string of the molecule is CCCCNC(=O)CN1CCN(C(CN)CCC)CC1. The molecular weight excluding hydrogens is 252 g/mol. The van der Waals surface area contributed by atoms with Gasteiger partial charge in [-0.2, -0.15) is 0 Å². The molecule has 1 fully saturated rings. The fourth-order valence-electron chi connectivity index (χ4n) is 2.73. The molecule has 1 heterocycles. The summed E-state index contributed by atoms with van der Waals surface area (Å²) in [7, 11) is 0. The van der Waals surface area contributed by atoms with Crippen molar-refractivity contribution in [2.24, 2.45) is 5.73 Å². The lowest BCUT2D eigenvalue weighted by Gasteiger charge is -2.38. The molecule has 1 atom stereocenters. The number of hydrogen-bond donors (Lipinski definition) is 2. The van der Waals surface area contributed by atoms with Gasteiger partial charge in [-0.05, 0) is 12.8 Å². The maximum Gasteiger partial charge on any atom is 0.234 e. The van der Waals surface area contributed by atoms with Crippen molar-refractivity contribution >= 4 is 5.91 Å². The smallest absolute Gasteiger partial charge is 0.234 e. The molecule has 5 nitrogen and oxygen atoms in total. The van der Waals surface area contributed by atoms with E-state index in [1.54, 1.807) is 0 Å². The third kappa shape index (κ3) is 6.20.